The van der Waals surface area contributed by atoms with E-state index < -0.39 is 98.2 Å². The van der Waals surface area contributed by atoms with Crippen LogP contribution in [-0.2, 0) is 33.4 Å². The summed E-state index contributed by atoms with van der Waals surface area (Å²) in [5, 5.41) is 84.9. The molecule has 16 nitrogen and oxygen atoms in total. The largest absolute Gasteiger partial charge is 0.394 e. The number of hydrogen-bond acceptors (Lipinski definition) is 16. The van der Waals surface area contributed by atoms with Crippen LogP contribution in [0.5, 0.6) is 0 Å². The van der Waals surface area contributed by atoms with Crippen molar-refractivity contribution in [2.24, 2.45) is 0 Å². The Kier molecular flexibility index (Phi) is 14.6. The second kappa shape index (κ2) is 16.6. The first-order chi connectivity index (χ1) is 19.0. The molecule has 9 N–H and O–H groups in total. The Bertz CT molecular complexity index is 781. The van der Waals surface area contributed by atoms with Gasteiger partial charge in [-0.1, -0.05) is 6.08 Å². The highest BCUT2D eigenvalue weighted by Crippen LogP contribution is 2.37. The van der Waals surface area contributed by atoms with Gasteiger partial charge in [-0.15, -0.1) is 18.3 Å². The molecular weight excluding hydrogens is 562 g/mol. The van der Waals surface area contributed by atoms with Crippen LogP contribution in [0.25, 0.3) is 0 Å². The number of carbonyl (C=O) groups is 1. The van der Waals surface area contributed by atoms with Crippen molar-refractivity contribution in [3.05, 3.63) is 12.7 Å². The first kappa shape index (κ1) is 35.2. The number of hydrogen-bond donors (Lipinski definition) is 9. The molecule has 2 aliphatic rings. The summed E-state index contributed by atoms with van der Waals surface area (Å²) in [4.78, 5) is 13.9. The van der Waals surface area contributed by atoms with E-state index in [9.17, 15) is 45.8 Å². The molecule has 1 amide bonds. The molecule has 2 rings (SSSR count). The van der Waals surface area contributed by atoms with Gasteiger partial charge in [0, 0.05) is 19.9 Å². The van der Waals surface area contributed by atoms with Crippen LogP contribution >= 0.6 is 11.8 Å². The Morgan fingerprint density at radius 3 is 2.25 bits per heavy atom. The molecule has 0 aromatic rings. The van der Waals surface area contributed by atoms with Gasteiger partial charge in [0.2, 0.25) is 5.91 Å². The van der Waals surface area contributed by atoms with E-state index in [2.05, 4.69) is 16.8 Å². The molecule has 0 aromatic heterocycles. The van der Waals surface area contributed by atoms with Crippen molar-refractivity contribution in [2.45, 2.75) is 85.8 Å². The molecule has 0 spiro atoms. The molecule has 2 fully saturated rings. The molecule has 12 atom stereocenters. The predicted octanol–water partition coefficient (Wildman–Crippen LogP) is -3.73. The van der Waals surface area contributed by atoms with Crippen LogP contribution in [0.1, 0.15) is 13.3 Å². The Balaban J connectivity index is 2.27. The summed E-state index contributed by atoms with van der Waals surface area (Å²) in [5.74, 6) is -0.395. The number of ether oxygens (including phenoxy) is 5. The van der Waals surface area contributed by atoms with E-state index in [1.54, 1.807) is 6.26 Å². The number of rotatable bonds is 16. The molecule has 0 aromatic carbocycles. The van der Waals surface area contributed by atoms with E-state index in [0.29, 0.717) is 0 Å². The minimum Gasteiger partial charge on any atom is -0.394 e. The summed E-state index contributed by atoms with van der Waals surface area (Å²) in [6, 6.07) is 0. The van der Waals surface area contributed by atoms with Crippen molar-refractivity contribution < 1.29 is 74.4 Å². The molecule has 2 heterocycles. The third-order valence-electron chi connectivity index (χ3n) is 6.45. The van der Waals surface area contributed by atoms with Crippen molar-refractivity contribution in [1.82, 2.24) is 5.32 Å². The van der Waals surface area contributed by atoms with Gasteiger partial charge in [0.05, 0.1) is 25.9 Å². The van der Waals surface area contributed by atoms with Crippen molar-refractivity contribution in [3.8, 4) is 0 Å². The summed E-state index contributed by atoms with van der Waals surface area (Å²) in [7, 11) is 0. The van der Waals surface area contributed by atoms with Crippen LogP contribution in [0, 0.1) is 0 Å². The van der Waals surface area contributed by atoms with E-state index in [4.69, 9.17) is 23.7 Å². The van der Waals surface area contributed by atoms with Gasteiger partial charge in [-0.05, 0) is 6.26 Å². The highest BCUT2D eigenvalue weighted by atomic mass is 32.2. The monoisotopic (exact) mass is 603 g/mol. The van der Waals surface area contributed by atoms with Gasteiger partial charge in [-0.2, -0.15) is 0 Å². The van der Waals surface area contributed by atoms with Crippen molar-refractivity contribution >= 4 is 17.7 Å². The van der Waals surface area contributed by atoms with E-state index in [-0.39, 0.29) is 19.6 Å². The molecule has 0 bridgehead atoms. The molecular formula is C23H41NO15S. The Labute approximate surface area is 235 Å². The zero-order chi connectivity index (χ0) is 30.0. The number of aliphatic hydroxyl groups excluding tert-OH is 7. The highest BCUT2D eigenvalue weighted by Gasteiger charge is 2.53. The molecule has 17 heteroatoms. The first-order valence-corrected chi connectivity index (χ1v) is 13.7. The van der Waals surface area contributed by atoms with Gasteiger partial charge in [0.15, 0.2) is 12.6 Å². The summed E-state index contributed by atoms with van der Waals surface area (Å²) in [5.41, 5.74) is 0. The lowest BCUT2D eigenvalue weighted by Gasteiger charge is -2.48. The van der Waals surface area contributed by atoms with Gasteiger partial charge >= 0.3 is 0 Å². The summed E-state index contributed by atoms with van der Waals surface area (Å²) < 4.78 is 28.0. The molecule has 0 radical (unpaired) electrons. The van der Waals surface area contributed by atoms with Gasteiger partial charge in [-0.25, -0.2) is 4.89 Å². The van der Waals surface area contributed by atoms with Crippen molar-refractivity contribution in [3.63, 3.8) is 0 Å². The Morgan fingerprint density at radius 2 is 1.70 bits per heavy atom. The van der Waals surface area contributed by atoms with E-state index in [0.717, 1.165) is 11.8 Å². The second-order valence-electron chi connectivity index (χ2n) is 9.40. The SMILES string of the molecule is C=CCO[C@@H]1OC(CO)[C@@H](O[C@@H]2OC(CO)[C@H](O)C(O[C@](COO)(CC(O)CNC(C)=O)SC)C2O)C(O)C1O. The second-order valence-corrected chi connectivity index (χ2v) is 10.6. The standard InChI is InChI=1S/C23H41NO15S/c1-4-5-34-21-17(31)16(30)19(14(9-26)37-21)38-22-18(32)20(15(29)13(8-25)36-22)39-23(40-3,10-35-33)6-12(28)7-24-11(2)27/h4,12-22,25-26,28-33H,1,5-10H2,2-3H3,(H,24,27)/t12?,13?,14?,15-,16?,17?,18?,19+,20?,21+,22-,23+/m0/s1. The zero-order valence-electron chi connectivity index (χ0n) is 22.2. The van der Waals surface area contributed by atoms with Crippen LogP contribution in [-0.4, -0.2) is 159 Å². The fourth-order valence-electron chi connectivity index (χ4n) is 4.35. The predicted molar refractivity (Wildman–Crippen MR) is 136 cm³/mol. The smallest absolute Gasteiger partial charge is 0.216 e. The maximum absolute atomic E-state index is 11.2. The zero-order valence-corrected chi connectivity index (χ0v) is 23.0. The molecule has 2 aliphatic heterocycles. The van der Waals surface area contributed by atoms with Gasteiger partial charge in [0.25, 0.3) is 0 Å². The molecule has 2 saturated heterocycles. The number of thioether (sulfide) groups is 1. The minimum atomic E-state index is -1.81. The summed E-state index contributed by atoms with van der Waals surface area (Å²) in [6.45, 7) is 2.56. The Hall–Kier alpha value is -1.00. The van der Waals surface area contributed by atoms with E-state index in [1.807, 2.05) is 0 Å². The van der Waals surface area contributed by atoms with E-state index in [1.165, 1.54) is 13.0 Å². The van der Waals surface area contributed by atoms with Crippen molar-refractivity contribution in [1.29, 1.82) is 0 Å². The topological polar surface area (TPSA) is 246 Å². The van der Waals surface area contributed by atoms with E-state index >= 15 is 0 Å². The quantitative estimate of drug-likeness (QED) is 0.0356. The summed E-state index contributed by atoms with van der Waals surface area (Å²) in [6.07, 6.45) is -14.0. The number of aliphatic hydroxyl groups is 7. The maximum atomic E-state index is 11.2. The Morgan fingerprint density at radius 1 is 1.05 bits per heavy atom. The molecule has 234 valence electrons. The fourth-order valence-corrected chi connectivity index (χ4v) is 5.09. The van der Waals surface area contributed by atoms with Gasteiger partial charge in [-0.3, -0.25) is 10.1 Å². The molecule has 0 aliphatic carbocycles. The van der Waals surface area contributed by atoms with Crippen LogP contribution in [0.4, 0.5) is 0 Å². The average molecular weight is 604 g/mol. The minimum absolute atomic E-state index is 0.0219. The normalized spacial score (nSPS) is 37.0. The number of nitrogens with one attached hydrogen (secondary N) is 1. The van der Waals surface area contributed by atoms with Crippen LogP contribution in [0.3, 0.4) is 0 Å². The van der Waals surface area contributed by atoms with Crippen LogP contribution in [0.15, 0.2) is 12.7 Å². The fraction of sp³-hybridized carbons (Fsp3) is 0.870. The lowest BCUT2D eigenvalue weighted by molar-refractivity contribution is -0.366. The molecule has 0 saturated carbocycles. The van der Waals surface area contributed by atoms with Crippen molar-refractivity contribution in [2.75, 3.05) is 39.2 Å². The van der Waals surface area contributed by atoms with Crippen LogP contribution in [0.2, 0.25) is 0 Å². The average Bonchev–Trinajstić information content (AvgIpc) is 2.93. The lowest BCUT2D eigenvalue weighted by Crippen LogP contribution is -2.66. The lowest BCUT2D eigenvalue weighted by atomic mass is 9.96. The third-order valence-corrected chi connectivity index (χ3v) is 7.58. The van der Waals surface area contributed by atoms with Gasteiger partial charge in [0.1, 0.15) is 60.4 Å². The molecule has 7 unspecified atom stereocenters. The molecule has 40 heavy (non-hydrogen) atoms. The number of carbonyl (C=O) groups excluding carboxylic acids is 1. The maximum Gasteiger partial charge on any atom is 0.216 e. The summed E-state index contributed by atoms with van der Waals surface area (Å²) >= 11 is 0.966. The highest BCUT2D eigenvalue weighted by molar-refractivity contribution is 7.99. The number of amides is 1. The first-order valence-electron chi connectivity index (χ1n) is 12.5. The van der Waals surface area contributed by atoms with Crippen LogP contribution < -0.4 is 5.32 Å². The van der Waals surface area contributed by atoms with Gasteiger partial charge < -0.3 is 64.7 Å². The third kappa shape index (κ3) is 9.00.